The third kappa shape index (κ3) is 3.25. The largest absolute Gasteiger partial charge is 0.504 e. The molecular formula is C17H18O5. The van der Waals surface area contributed by atoms with E-state index in [0.29, 0.717) is 17.2 Å². The minimum Gasteiger partial charge on any atom is -0.504 e. The van der Waals surface area contributed by atoms with Crippen LogP contribution in [-0.2, 0) is 0 Å². The molecule has 0 aliphatic heterocycles. The molecule has 0 saturated heterocycles. The van der Waals surface area contributed by atoms with Gasteiger partial charge in [-0.2, -0.15) is 0 Å². The molecule has 0 atom stereocenters. The average molecular weight is 302 g/mol. The molecule has 116 valence electrons. The summed E-state index contributed by atoms with van der Waals surface area (Å²) in [4.78, 5) is 0. The minimum atomic E-state index is -0.000854. The van der Waals surface area contributed by atoms with Gasteiger partial charge in [0, 0.05) is 0 Å². The molecule has 0 bridgehead atoms. The molecule has 22 heavy (non-hydrogen) atoms. The zero-order chi connectivity index (χ0) is 16.1. The quantitative estimate of drug-likeness (QED) is 0.829. The minimum absolute atomic E-state index is 0.000854. The van der Waals surface area contributed by atoms with Crippen LogP contribution in [0.3, 0.4) is 0 Å². The Balaban J connectivity index is 2.30. The summed E-state index contributed by atoms with van der Waals surface area (Å²) in [5.41, 5.74) is 1.54. The third-order valence-electron chi connectivity index (χ3n) is 3.15. The van der Waals surface area contributed by atoms with E-state index in [1.807, 2.05) is 6.07 Å². The molecule has 5 nitrogen and oxygen atoms in total. The zero-order valence-electron chi connectivity index (χ0n) is 12.7. The molecule has 0 radical (unpaired) electrons. The normalized spacial score (nSPS) is 10.7. The molecule has 0 spiro atoms. The molecule has 0 saturated carbocycles. The number of phenolic OH excluding ortho intramolecular Hbond substituents is 2. The van der Waals surface area contributed by atoms with Crippen molar-refractivity contribution in [2.45, 2.75) is 0 Å². The zero-order valence-corrected chi connectivity index (χ0v) is 12.7. The van der Waals surface area contributed by atoms with Crippen LogP contribution in [0.25, 0.3) is 12.2 Å². The first-order valence-corrected chi connectivity index (χ1v) is 6.59. The number of methoxy groups -OCH3 is 3. The van der Waals surface area contributed by atoms with Crippen molar-refractivity contribution >= 4 is 12.2 Å². The van der Waals surface area contributed by atoms with E-state index in [9.17, 15) is 10.2 Å². The van der Waals surface area contributed by atoms with Crippen molar-refractivity contribution in [3.05, 3.63) is 41.5 Å². The highest BCUT2D eigenvalue weighted by Gasteiger charge is 2.10. The van der Waals surface area contributed by atoms with Crippen molar-refractivity contribution < 1.29 is 24.4 Å². The summed E-state index contributed by atoms with van der Waals surface area (Å²) in [5, 5.41) is 19.7. The number of benzene rings is 2. The number of rotatable bonds is 5. The van der Waals surface area contributed by atoms with E-state index in [1.54, 1.807) is 36.4 Å². The second-order valence-electron chi connectivity index (χ2n) is 4.54. The Labute approximate surface area is 129 Å². The molecule has 2 rings (SSSR count). The highest BCUT2D eigenvalue weighted by atomic mass is 16.5. The topological polar surface area (TPSA) is 68.2 Å². The lowest BCUT2D eigenvalue weighted by atomic mass is 10.1. The lowest BCUT2D eigenvalue weighted by Gasteiger charge is -2.10. The fourth-order valence-corrected chi connectivity index (χ4v) is 2.06. The highest BCUT2D eigenvalue weighted by molar-refractivity contribution is 5.73. The van der Waals surface area contributed by atoms with Gasteiger partial charge < -0.3 is 24.4 Å². The van der Waals surface area contributed by atoms with Crippen LogP contribution in [0.5, 0.6) is 28.7 Å². The molecule has 0 heterocycles. The summed E-state index contributed by atoms with van der Waals surface area (Å²) in [6, 6.07) is 8.41. The second kappa shape index (κ2) is 6.76. The number of hydrogen-bond donors (Lipinski definition) is 2. The van der Waals surface area contributed by atoms with Crippen LogP contribution in [0.4, 0.5) is 0 Å². The first-order valence-electron chi connectivity index (χ1n) is 6.59. The Morgan fingerprint density at radius 2 is 1.36 bits per heavy atom. The van der Waals surface area contributed by atoms with Gasteiger partial charge >= 0.3 is 0 Å². The van der Waals surface area contributed by atoms with Crippen LogP contribution in [-0.4, -0.2) is 31.5 Å². The van der Waals surface area contributed by atoms with Gasteiger partial charge in [0.25, 0.3) is 0 Å². The smallest absolute Gasteiger partial charge is 0.203 e. The number of ether oxygens (including phenoxy) is 3. The van der Waals surface area contributed by atoms with E-state index in [2.05, 4.69) is 0 Å². The number of aromatic hydroxyl groups is 2. The van der Waals surface area contributed by atoms with E-state index < -0.39 is 0 Å². The van der Waals surface area contributed by atoms with Gasteiger partial charge in [0.05, 0.1) is 21.3 Å². The van der Waals surface area contributed by atoms with E-state index in [0.717, 1.165) is 11.1 Å². The van der Waals surface area contributed by atoms with Gasteiger partial charge in [-0.05, 0) is 35.4 Å². The summed E-state index contributed by atoms with van der Waals surface area (Å²) in [7, 11) is 4.47. The maximum atomic E-state index is 9.92. The first kappa shape index (κ1) is 15.6. The molecule has 2 aromatic rings. The van der Waals surface area contributed by atoms with Crippen LogP contribution in [0.2, 0.25) is 0 Å². The second-order valence-corrected chi connectivity index (χ2v) is 4.54. The average Bonchev–Trinajstić information content (AvgIpc) is 2.52. The van der Waals surface area contributed by atoms with Crippen molar-refractivity contribution in [3.8, 4) is 28.7 Å². The Bertz CT molecular complexity index is 692. The van der Waals surface area contributed by atoms with Crippen LogP contribution >= 0.6 is 0 Å². The Kier molecular flexibility index (Phi) is 4.78. The molecule has 0 unspecified atom stereocenters. The Morgan fingerprint density at radius 3 is 1.95 bits per heavy atom. The first-order chi connectivity index (χ1) is 10.6. The standard InChI is InChI=1S/C17H18O5/c1-20-15-7-6-11(8-13(15)18)4-5-12-9-14(19)17(22-3)16(10-12)21-2/h4-10,18-19H,1-3H3/b5-4-. The number of phenols is 2. The van der Waals surface area contributed by atoms with E-state index in [4.69, 9.17) is 14.2 Å². The molecule has 0 amide bonds. The van der Waals surface area contributed by atoms with Crippen molar-refractivity contribution in [2.24, 2.45) is 0 Å². The van der Waals surface area contributed by atoms with E-state index >= 15 is 0 Å². The predicted molar refractivity (Wildman–Crippen MR) is 84.8 cm³/mol. The number of hydrogen-bond acceptors (Lipinski definition) is 5. The van der Waals surface area contributed by atoms with Gasteiger partial charge in [-0.25, -0.2) is 0 Å². The lowest BCUT2D eigenvalue weighted by molar-refractivity contribution is 0.333. The van der Waals surface area contributed by atoms with Gasteiger partial charge in [-0.15, -0.1) is 0 Å². The monoisotopic (exact) mass is 302 g/mol. The van der Waals surface area contributed by atoms with Crippen LogP contribution in [0.1, 0.15) is 11.1 Å². The van der Waals surface area contributed by atoms with Gasteiger partial charge in [-0.3, -0.25) is 0 Å². The highest BCUT2D eigenvalue weighted by Crippen LogP contribution is 2.38. The van der Waals surface area contributed by atoms with Crippen molar-refractivity contribution in [3.63, 3.8) is 0 Å². The molecule has 2 N–H and O–H groups in total. The molecule has 0 aliphatic carbocycles. The summed E-state index contributed by atoms with van der Waals surface area (Å²) >= 11 is 0. The maximum Gasteiger partial charge on any atom is 0.203 e. The SMILES string of the molecule is COc1ccc(/C=C\c2cc(O)c(OC)c(OC)c2)cc1O. The summed E-state index contributed by atoms with van der Waals surface area (Å²) < 4.78 is 15.3. The fraction of sp³-hybridized carbons (Fsp3) is 0.176. The summed E-state index contributed by atoms with van der Waals surface area (Å²) in [6.45, 7) is 0. The third-order valence-corrected chi connectivity index (χ3v) is 3.15. The van der Waals surface area contributed by atoms with E-state index in [1.165, 1.54) is 21.3 Å². The molecule has 2 aromatic carbocycles. The Hall–Kier alpha value is -2.82. The van der Waals surface area contributed by atoms with E-state index in [-0.39, 0.29) is 11.5 Å². The van der Waals surface area contributed by atoms with Crippen LogP contribution < -0.4 is 14.2 Å². The van der Waals surface area contributed by atoms with Crippen LogP contribution in [0.15, 0.2) is 30.3 Å². The molecule has 0 fully saturated rings. The fourth-order valence-electron chi connectivity index (χ4n) is 2.06. The summed E-state index contributed by atoms with van der Waals surface area (Å²) in [5.74, 6) is 1.22. The van der Waals surface area contributed by atoms with Gasteiger partial charge in [0.1, 0.15) is 0 Å². The van der Waals surface area contributed by atoms with Crippen molar-refractivity contribution in [2.75, 3.05) is 21.3 Å². The molecule has 0 aromatic heterocycles. The van der Waals surface area contributed by atoms with Gasteiger partial charge in [-0.1, -0.05) is 18.2 Å². The summed E-state index contributed by atoms with van der Waals surface area (Å²) in [6.07, 6.45) is 3.60. The van der Waals surface area contributed by atoms with Crippen molar-refractivity contribution in [1.82, 2.24) is 0 Å². The Morgan fingerprint density at radius 1 is 0.727 bits per heavy atom. The molecular weight excluding hydrogens is 284 g/mol. The van der Waals surface area contributed by atoms with Gasteiger partial charge in [0.2, 0.25) is 5.75 Å². The molecule has 5 heteroatoms. The molecule has 0 aliphatic rings. The van der Waals surface area contributed by atoms with Crippen LogP contribution in [0, 0.1) is 0 Å². The lowest BCUT2D eigenvalue weighted by Crippen LogP contribution is -1.91. The maximum absolute atomic E-state index is 9.92. The van der Waals surface area contributed by atoms with Crippen molar-refractivity contribution in [1.29, 1.82) is 0 Å². The van der Waals surface area contributed by atoms with Gasteiger partial charge in [0.15, 0.2) is 23.0 Å². The predicted octanol–water partition coefficient (Wildman–Crippen LogP) is 3.29.